The summed E-state index contributed by atoms with van der Waals surface area (Å²) in [5.74, 6) is 0.893. The van der Waals surface area contributed by atoms with Gasteiger partial charge in [-0.1, -0.05) is 19.1 Å². The number of hydrogen-bond donors (Lipinski definition) is 1. The van der Waals surface area contributed by atoms with Crippen molar-refractivity contribution in [3.63, 3.8) is 0 Å². The van der Waals surface area contributed by atoms with Crippen LogP contribution in [0.3, 0.4) is 0 Å². The van der Waals surface area contributed by atoms with Gasteiger partial charge in [0.05, 0.1) is 6.61 Å². The van der Waals surface area contributed by atoms with E-state index in [-0.39, 0.29) is 5.41 Å². The van der Waals surface area contributed by atoms with Crippen LogP contribution in [-0.4, -0.2) is 50.0 Å². The van der Waals surface area contributed by atoms with Gasteiger partial charge in [0.2, 0.25) is 0 Å². The zero-order valence-corrected chi connectivity index (χ0v) is 13.9. The van der Waals surface area contributed by atoms with Crippen LogP contribution in [0.2, 0.25) is 0 Å². The van der Waals surface area contributed by atoms with Gasteiger partial charge >= 0.3 is 0 Å². The number of hydrogen-bond acceptors (Lipinski definition) is 4. The normalized spacial score (nSPS) is 18.3. The Kier molecular flexibility index (Phi) is 6.68. The summed E-state index contributed by atoms with van der Waals surface area (Å²) in [5, 5.41) is 9.60. The van der Waals surface area contributed by atoms with E-state index in [0.717, 1.165) is 44.6 Å². The van der Waals surface area contributed by atoms with Gasteiger partial charge in [-0.05, 0) is 55.5 Å². The summed E-state index contributed by atoms with van der Waals surface area (Å²) in [5.41, 5.74) is 1.47. The third-order valence-corrected chi connectivity index (χ3v) is 4.89. The average molecular weight is 307 g/mol. The maximum absolute atomic E-state index is 9.60. The molecule has 1 fully saturated rings. The number of likely N-dealkylation sites (tertiary alicyclic amines) is 1. The molecule has 0 unspecified atom stereocenters. The molecular weight excluding hydrogens is 278 g/mol. The number of aliphatic hydroxyl groups is 1. The van der Waals surface area contributed by atoms with E-state index in [1.165, 1.54) is 5.56 Å². The van der Waals surface area contributed by atoms with E-state index in [4.69, 9.17) is 9.47 Å². The molecule has 4 nitrogen and oxygen atoms in total. The van der Waals surface area contributed by atoms with Crippen LogP contribution < -0.4 is 4.74 Å². The molecule has 0 atom stereocenters. The van der Waals surface area contributed by atoms with Crippen molar-refractivity contribution in [2.75, 3.05) is 40.0 Å². The van der Waals surface area contributed by atoms with Gasteiger partial charge in [-0.2, -0.15) is 0 Å². The van der Waals surface area contributed by atoms with Crippen LogP contribution in [0.1, 0.15) is 31.7 Å². The number of aliphatic hydroxyl groups excluding tert-OH is 1. The quantitative estimate of drug-likeness (QED) is 0.750. The highest BCUT2D eigenvalue weighted by Gasteiger charge is 2.32. The summed E-state index contributed by atoms with van der Waals surface area (Å²) in [4.78, 5) is 2.48. The first kappa shape index (κ1) is 17.3. The van der Waals surface area contributed by atoms with Crippen LogP contribution in [0.5, 0.6) is 5.75 Å². The van der Waals surface area contributed by atoms with Crippen LogP contribution in [0.25, 0.3) is 0 Å². The highest BCUT2D eigenvalue weighted by Crippen LogP contribution is 2.34. The molecule has 0 aromatic heterocycles. The summed E-state index contributed by atoms with van der Waals surface area (Å²) in [6.07, 6.45) is 3.27. The standard InChI is InChI=1S/C18H29NO3/c1-3-18(15-20)8-10-19(11-9-18)14-16-4-6-17(7-5-16)22-13-12-21-2/h4-7,20H,3,8-15H2,1-2H3. The predicted octanol–water partition coefficient (Wildman–Crippen LogP) is 2.70. The maximum Gasteiger partial charge on any atom is 0.119 e. The monoisotopic (exact) mass is 307 g/mol. The minimum atomic E-state index is 0.162. The molecule has 1 aromatic rings. The first-order chi connectivity index (χ1) is 10.7. The predicted molar refractivity (Wildman–Crippen MR) is 88.1 cm³/mol. The molecule has 22 heavy (non-hydrogen) atoms. The third-order valence-electron chi connectivity index (χ3n) is 4.89. The van der Waals surface area contributed by atoms with Crippen molar-refractivity contribution < 1.29 is 14.6 Å². The Morgan fingerprint density at radius 1 is 1.14 bits per heavy atom. The number of nitrogens with zero attached hydrogens (tertiary/aromatic N) is 1. The molecule has 4 heteroatoms. The number of rotatable bonds is 8. The Balaban J connectivity index is 1.80. The fourth-order valence-electron chi connectivity index (χ4n) is 3.00. The fraction of sp³-hybridized carbons (Fsp3) is 0.667. The Bertz CT molecular complexity index is 418. The van der Waals surface area contributed by atoms with Crippen LogP contribution >= 0.6 is 0 Å². The molecular formula is C18H29NO3. The van der Waals surface area contributed by atoms with Crippen LogP contribution in [0.15, 0.2) is 24.3 Å². The van der Waals surface area contributed by atoms with Gasteiger partial charge < -0.3 is 14.6 Å². The lowest BCUT2D eigenvalue weighted by molar-refractivity contribution is 0.0382. The molecule has 0 saturated carbocycles. The average Bonchev–Trinajstić information content (AvgIpc) is 2.58. The maximum atomic E-state index is 9.60. The Morgan fingerprint density at radius 3 is 2.36 bits per heavy atom. The van der Waals surface area contributed by atoms with E-state index >= 15 is 0 Å². The highest BCUT2D eigenvalue weighted by atomic mass is 16.5. The minimum absolute atomic E-state index is 0.162. The van der Waals surface area contributed by atoms with E-state index in [9.17, 15) is 5.11 Å². The van der Waals surface area contributed by atoms with E-state index in [1.807, 2.05) is 12.1 Å². The van der Waals surface area contributed by atoms with Crippen molar-refractivity contribution in [1.82, 2.24) is 4.90 Å². The third kappa shape index (κ3) is 4.70. The van der Waals surface area contributed by atoms with Crippen molar-refractivity contribution in [2.45, 2.75) is 32.7 Å². The molecule has 1 aliphatic rings. The zero-order valence-electron chi connectivity index (χ0n) is 13.9. The van der Waals surface area contributed by atoms with Crippen molar-refractivity contribution in [3.8, 4) is 5.75 Å². The lowest BCUT2D eigenvalue weighted by Gasteiger charge is -2.40. The summed E-state index contributed by atoms with van der Waals surface area (Å²) in [7, 11) is 1.68. The van der Waals surface area contributed by atoms with Crippen LogP contribution in [0, 0.1) is 5.41 Å². The molecule has 0 radical (unpaired) electrons. The Hall–Kier alpha value is -1.10. The van der Waals surface area contributed by atoms with Crippen molar-refractivity contribution in [3.05, 3.63) is 29.8 Å². The number of ether oxygens (including phenoxy) is 2. The zero-order chi connectivity index (χ0) is 15.8. The first-order valence-electron chi connectivity index (χ1n) is 8.25. The summed E-state index contributed by atoms with van der Waals surface area (Å²) < 4.78 is 10.6. The highest BCUT2D eigenvalue weighted by molar-refractivity contribution is 5.27. The molecule has 0 aliphatic carbocycles. The molecule has 0 bridgehead atoms. The molecule has 2 rings (SSSR count). The summed E-state index contributed by atoms with van der Waals surface area (Å²) >= 11 is 0. The second-order valence-corrected chi connectivity index (χ2v) is 6.27. The summed E-state index contributed by atoms with van der Waals surface area (Å²) in [6, 6.07) is 8.32. The number of piperidine rings is 1. The fourth-order valence-corrected chi connectivity index (χ4v) is 3.00. The SMILES string of the molecule is CCC1(CO)CCN(Cc2ccc(OCCOC)cc2)CC1. The minimum Gasteiger partial charge on any atom is -0.491 e. The molecule has 1 aliphatic heterocycles. The summed E-state index contributed by atoms with van der Waals surface area (Å²) in [6.45, 7) is 6.82. The van der Waals surface area contributed by atoms with Crippen LogP contribution in [-0.2, 0) is 11.3 Å². The van der Waals surface area contributed by atoms with Crippen LogP contribution in [0.4, 0.5) is 0 Å². The Labute approximate surface area is 134 Å². The molecule has 1 heterocycles. The smallest absolute Gasteiger partial charge is 0.119 e. The van der Waals surface area contributed by atoms with Gasteiger partial charge in [0, 0.05) is 20.3 Å². The number of methoxy groups -OCH3 is 1. The van der Waals surface area contributed by atoms with Gasteiger partial charge in [0.25, 0.3) is 0 Å². The first-order valence-corrected chi connectivity index (χ1v) is 8.25. The van der Waals surface area contributed by atoms with E-state index in [1.54, 1.807) is 7.11 Å². The number of benzene rings is 1. The van der Waals surface area contributed by atoms with Crippen molar-refractivity contribution in [2.24, 2.45) is 5.41 Å². The largest absolute Gasteiger partial charge is 0.491 e. The second-order valence-electron chi connectivity index (χ2n) is 6.27. The van der Waals surface area contributed by atoms with E-state index in [2.05, 4.69) is 24.0 Å². The molecule has 1 aromatic carbocycles. The topological polar surface area (TPSA) is 41.9 Å². The van der Waals surface area contributed by atoms with E-state index < -0.39 is 0 Å². The van der Waals surface area contributed by atoms with Crippen molar-refractivity contribution in [1.29, 1.82) is 0 Å². The Morgan fingerprint density at radius 2 is 1.82 bits per heavy atom. The van der Waals surface area contributed by atoms with Crippen molar-refractivity contribution >= 4 is 0 Å². The molecule has 1 saturated heterocycles. The molecule has 0 spiro atoms. The lowest BCUT2D eigenvalue weighted by atomic mass is 9.77. The van der Waals surface area contributed by atoms with Gasteiger partial charge in [0.1, 0.15) is 12.4 Å². The molecule has 1 N–H and O–H groups in total. The molecule has 0 amide bonds. The molecule has 124 valence electrons. The van der Waals surface area contributed by atoms with Gasteiger partial charge in [-0.15, -0.1) is 0 Å². The lowest BCUT2D eigenvalue weighted by Crippen LogP contribution is -2.41. The van der Waals surface area contributed by atoms with Gasteiger partial charge in [-0.3, -0.25) is 4.90 Å². The van der Waals surface area contributed by atoms with Gasteiger partial charge in [0.15, 0.2) is 0 Å². The van der Waals surface area contributed by atoms with Gasteiger partial charge in [-0.25, -0.2) is 0 Å². The van der Waals surface area contributed by atoms with E-state index in [0.29, 0.717) is 19.8 Å². The second kappa shape index (κ2) is 8.51.